The van der Waals surface area contributed by atoms with Crippen molar-refractivity contribution in [1.82, 2.24) is 0 Å². The average Bonchev–Trinajstić information content (AvgIpc) is 2.39. The molecule has 2 rings (SSSR count). The molecule has 2 aromatic carbocycles. The van der Waals surface area contributed by atoms with Crippen LogP contribution in [0.4, 0.5) is 5.69 Å². The van der Waals surface area contributed by atoms with Gasteiger partial charge in [0.05, 0.1) is 4.90 Å². The molecule has 20 heavy (non-hydrogen) atoms. The van der Waals surface area contributed by atoms with E-state index in [1.54, 1.807) is 0 Å². The molecule has 0 amide bonds. The van der Waals surface area contributed by atoms with Crippen LogP contribution in [0, 0.1) is 0 Å². The predicted octanol–water partition coefficient (Wildman–Crippen LogP) is 2.75. The molecule has 0 saturated heterocycles. The van der Waals surface area contributed by atoms with Crippen LogP contribution in [0.25, 0.3) is 6.08 Å². The molecule has 0 atom stereocenters. The number of nitrogens with two attached hydrogens (primary N) is 1. The molecule has 0 aromatic heterocycles. The maximum Gasteiger partial charge on any atom is 0.294 e. The summed E-state index contributed by atoms with van der Waals surface area (Å²) < 4.78 is 32.4. The van der Waals surface area contributed by atoms with Crippen molar-refractivity contribution in [1.29, 1.82) is 0 Å². The van der Waals surface area contributed by atoms with Crippen LogP contribution in [0.15, 0.2) is 53.9 Å². The summed E-state index contributed by atoms with van der Waals surface area (Å²) in [4.78, 5) is -0.134. The van der Waals surface area contributed by atoms with Gasteiger partial charge in [0.25, 0.3) is 10.1 Å². The van der Waals surface area contributed by atoms with Gasteiger partial charge in [-0.25, -0.2) is 0 Å². The molecule has 0 unspecified atom stereocenters. The van der Waals surface area contributed by atoms with Gasteiger partial charge in [0.15, 0.2) is 0 Å². The minimum atomic E-state index is -4.31. The van der Waals surface area contributed by atoms with Gasteiger partial charge in [-0.05, 0) is 29.7 Å². The number of benzene rings is 2. The van der Waals surface area contributed by atoms with Gasteiger partial charge in [-0.1, -0.05) is 43.0 Å². The maximum atomic E-state index is 11.5. The minimum absolute atomic E-state index is 0.134. The Morgan fingerprint density at radius 2 is 1.80 bits per heavy atom. The summed E-state index contributed by atoms with van der Waals surface area (Å²) >= 11 is 0. The number of rotatable bonds is 4. The van der Waals surface area contributed by atoms with Crippen molar-refractivity contribution < 1.29 is 13.0 Å². The van der Waals surface area contributed by atoms with Crippen LogP contribution >= 0.6 is 0 Å². The molecule has 2 aromatic rings. The van der Waals surface area contributed by atoms with E-state index in [1.165, 1.54) is 18.2 Å². The molecule has 3 N–H and O–H groups in total. The first kappa shape index (κ1) is 14.3. The van der Waals surface area contributed by atoms with Crippen LogP contribution in [-0.2, 0) is 16.5 Å². The molecule has 0 fully saturated rings. The SMILES string of the molecule is C=Cc1c(N)ccc(S(=O)(=O)O)c1Cc1ccccc1. The fourth-order valence-electron chi connectivity index (χ4n) is 2.13. The van der Waals surface area contributed by atoms with E-state index in [0.29, 0.717) is 23.2 Å². The molecular weight excluding hydrogens is 274 g/mol. The zero-order valence-electron chi connectivity index (χ0n) is 10.8. The largest absolute Gasteiger partial charge is 0.398 e. The lowest BCUT2D eigenvalue weighted by molar-refractivity contribution is 0.482. The summed E-state index contributed by atoms with van der Waals surface area (Å²) in [5.41, 5.74) is 8.19. The molecule has 0 aliphatic rings. The van der Waals surface area contributed by atoms with E-state index >= 15 is 0 Å². The molecule has 0 radical (unpaired) electrons. The first-order valence-corrected chi connectivity index (χ1v) is 7.42. The second kappa shape index (κ2) is 5.48. The summed E-state index contributed by atoms with van der Waals surface area (Å²) in [6.07, 6.45) is 1.85. The van der Waals surface area contributed by atoms with Crippen molar-refractivity contribution in [3.8, 4) is 0 Å². The Labute approximate surface area is 118 Å². The van der Waals surface area contributed by atoms with Gasteiger partial charge in [-0.2, -0.15) is 8.42 Å². The van der Waals surface area contributed by atoms with E-state index in [4.69, 9.17) is 5.73 Å². The molecule has 0 aliphatic heterocycles. The molecule has 0 bridgehead atoms. The number of anilines is 1. The average molecular weight is 289 g/mol. The molecule has 4 nitrogen and oxygen atoms in total. The van der Waals surface area contributed by atoms with E-state index < -0.39 is 10.1 Å². The van der Waals surface area contributed by atoms with Crippen LogP contribution in [0.5, 0.6) is 0 Å². The van der Waals surface area contributed by atoms with Gasteiger partial charge >= 0.3 is 0 Å². The zero-order chi connectivity index (χ0) is 14.8. The smallest absolute Gasteiger partial charge is 0.294 e. The highest BCUT2D eigenvalue weighted by Crippen LogP contribution is 2.28. The molecule has 5 heteroatoms. The summed E-state index contributed by atoms with van der Waals surface area (Å²) in [5, 5.41) is 0. The van der Waals surface area contributed by atoms with Crippen molar-refractivity contribution in [3.05, 3.63) is 65.7 Å². The highest BCUT2D eigenvalue weighted by Gasteiger charge is 2.19. The lowest BCUT2D eigenvalue weighted by Crippen LogP contribution is -2.07. The quantitative estimate of drug-likeness (QED) is 0.670. The second-order valence-electron chi connectivity index (χ2n) is 4.39. The van der Waals surface area contributed by atoms with Gasteiger partial charge in [0.1, 0.15) is 0 Å². The van der Waals surface area contributed by atoms with Crippen molar-refractivity contribution in [2.24, 2.45) is 0 Å². The van der Waals surface area contributed by atoms with Crippen molar-refractivity contribution in [2.45, 2.75) is 11.3 Å². The fourth-order valence-corrected chi connectivity index (χ4v) is 2.86. The summed E-state index contributed by atoms with van der Waals surface area (Å²) in [6.45, 7) is 3.66. The Morgan fingerprint density at radius 1 is 1.15 bits per heavy atom. The van der Waals surface area contributed by atoms with Crippen LogP contribution < -0.4 is 5.73 Å². The Kier molecular flexibility index (Phi) is 3.92. The van der Waals surface area contributed by atoms with Gasteiger partial charge in [-0.15, -0.1) is 0 Å². The van der Waals surface area contributed by atoms with Gasteiger partial charge in [0.2, 0.25) is 0 Å². The number of hydrogen-bond donors (Lipinski definition) is 2. The molecule has 0 spiro atoms. The highest BCUT2D eigenvalue weighted by atomic mass is 32.2. The monoisotopic (exact) mass is 289 g/mol. The second-order valence-corrected chi connectivity index (χ2v) is 5.78. The third-order valence-electron chi connectivity index (χ3n) is 3.05. The predicted molar refractivity (Wildman–Crippen MR) is 80.0 cm³/mol. The third-order valence-corrected chi connectivity index (χ3v) is 3.99. The molecule has 0 heterocycles. The summed E-state index contributed by atoms with van der Waals surface area (Å²) in [7, 11) is -4.31. The molecule has 0 aliphatic carbocycles. The van der Waals surface area contributed by atoms with E-state index in [1.807, 2.05) is 30.3 Å². The first-order chi connectivity index (χ1) is 9.43. The third kappa shape index (κ3) is 2.89. The van der Waals surface area contributed by atoms with E-state index in [9.17, 15) is 13.0 Å². The van der Waals surface area contributed by atoms with Crippen LogP contribution in [-0.4, -0.2) is 13.0 Å². The van der Waals surface area contributed by atoms with Gasteiger partial charge in [-0.3, -0.25) is 4.55 Å². The van der Waals surface area contributed by atoms with E-state index in [2.05, 4.69) is 6.58 Å². The lowest BCUT2D eigenvalue weighted by Gasteiger charge is -2.13. The van der Waals surface area contributed by atoms with Crippen molar-refractivity contribution in [2.75, 3.05) is 5.73 Å². The molecular formula is C15H15NO3S. The molecule has 104 valence electrons. The van der Waals surface area contributed by atoms with Crippen molar-refractivity contribution >= 4 is 21.9 Å². The normalized spacial score (nSPS) is 11.2. The van der Waals surface area contributed by atoms with Gasteiger partial charge in [0, 0.05) is 11.3 Å². The zero-order valence-corrected chi connectivity index (χ0v) is 11.6. The van der Waals surface area contributed by atoms with Crippen LogP contribution in [0.3, 0.4) is 0 Å². The Morgan fingerprint density at radius 3 is 2.35 bits per heavy atom. The highest BCUT2D eigenvalue weighted by molar-refractivity contribution is 7.85. The first-order valence-electron chi connectivity index (χ1n) is 5.98. The number of nitrogen functional groups attached to an aromatic ring is 1. The maximum absolute atomic E-state index is 11.5. The topological polar surface area (TPSA) is 80.4 Å². The van der Waals surface area contributed by atoms with E-state index in [-0.39, 0.29) is 4.90 Å². The standard InChI is InChI=1S/C15H15NO3S/c1-2-12-13(10-11-6-4-3-5-7-11)15(20(17,18)19)9-8-14(12)16/h2-9H,1,10,16H2,(H,17,18,19). The number of hydrogen-bond acceptors (Lipinski definition) is 3. The Bertz CT molecular complexity index is 737. The summed E-state index contributed by atoms with van der Waals surface area (Å²) in [6, 6.07) is 12.1. The van der Waals surface area contributed by atoms with Crippen LogP contribution in [0.1, 0.15) is 16.7 Å². The van der Waals surface area contributed by atoms with Gasteiger partial charge < -0.3 is 5.73 Å². The lowest BCUT2D eigenvalue weighted by atomic mass is 9.98. The Hall–Kier alpha value is -2.11. The molecule has 0 saturated carbocycles. The van der Waals surface area contributed by atoms with Crippen LogP contribution in [0.2, 0.25) is 0 Å². The summed E-state index contributed by atoms with van der Waals surface area (Å²) in [5.74, 6) is 0. The minimum Gasteiger partial charge on any atom is -0.398 e. The van der Waals surface area contributed by atoms with Crippen molar-refractivity contribution in [3.63, 3.8) is 0 Å². The van der Waals surface area contributed by atoms with E-state index in [0.717, 1.165) is 5.56 Å². The fraction of sp³-hybridized carbons (Fsp3) is 0.0667. The Balaban J connectivity index is 2.65.